The number of benzene rings is 1. The number of hydrogen-bond donors (Lipinski definition) is 1. The lowest BCUT2D eigenvalue weighted by Crippen LogP contribution is -2.42. The first-order chi connectivity index (χ1) is 6.42. The molecule has 0 saturated carbocycles. The minimum absolute atomic E-state index is 0.568. The van der Waals surface area contributed by atoms with E-state index in [0.717, 1.165) is 5.56 Å². The van der Waals surface area contributed by atoms with Gasteiger partial charge in [-0.05, 0) is 31.9 Å². The maximum Gasteiger partial charge on any atom is 0.238 e. The molecule has 4 heteroatoms. The van der Waals surface area contributed by atoms with E-state index in [9.17, 15) is 8.42 Å². The topological polar surface area (TPSA) is 46.2 Å². The molecule has 1 N–H and O–H groups in total. The van der Waals surface area contributed by atoms with Gasteiger partial charge in [0.2, 0.25) is 10.0 Å². The molecule has 0 bridgehead atoms. The molecule has 1 aromatic rings. The van der Waals surface area contributed by atoms with E-state index in [2.05, 4.69) is 4.72 Å². The highest BCUT2D eigenvalue weighted by Gasteiger charge is 2.38. The highest BCUT2D eigenvalue weighted by molar-refractivity contribution is 7.94. The summed E-state index contributed by atoms with van der Waals surface area (Å²) < 4.78 is 25.4. The van der Waals surface area contributed by atoms with Crippen LogP contribution in [-0.2, 0) is 16.4 Å². The maximum atomic E-state index is 11.8. The Balaban J connectivity index is 2.57. The number of sulfonamides is 1. The molecule has 1 aromatic carbocycles. The number of para-hydroxylation sites is 1. The zero-order valence-electron chi connectivity index (χ0n) is 8.24. The van der Waals surface area contributed by atoms with Gasteiger partial charge in [-0.15, -0.1) is 0 Å². The van der Waals surface area contributed by atoms with Gasteiger partial charge >= 0.3 is 0 Å². The lowest BCUT2D eigenvalue weighted by Gasteiger charge is -2.31. The van der Waals surface area contributed by atoms with Crippen LogP contribution in [0.5, 0.6) is 0 Å². The van der Waals surface area contributed by atoms with Gasteiger partial charge in [0.25, 0.3) is 0 Å². The Hall–Kier alpha value is -1.03. The van der Waals surface area contributed by atoms with Crippen LogP contribution in [0.3, 0.4) is 0 Å². The summed E-state index contributed by atoms with van der Waals surface area (Å²) in [6, 6.07) is 7.51. The first kappa shape index (κ1) is 9.52. The van der Waals surface area contributed by atoms with Crippen LogP contribution in [0.4, 0.5) is 5.69 Å². The van der Waals surface area contributed by atoms with E-state index in [0.29, 0.717) is 12.1 Å². The third kappa shape index (κ3) is 1.30. The van der Waals surface area contributed by atoms with Crippen molar-refractivity contribution in [2.75, 3.05) is 4.72 Å². The average molecular weight is 211 g/mol. The first-order valence-electron chi connectivity index (χ1n) is 4.53. The van der Waals surface area contributed by atoms with Gasteiger partial charge in [-0.3, -0.25) is 4.72 Å². The monoisotopic (exact) mass is 211 g/mol. The quantitative estimate of drug-likeness (QED) is 0.710. The van der Waals surface area contributed by atoms with Crippen molar-refractivity contribution < 1.29 is 8.42 Å². The summed E-state index contributed by atoms with van der Waals surface area (Å²) in [5, 5.41) is 0. The summed E-state index contributed by atoms with van der Waals surface area (Å²) >= 11 is 0. The SMILES string of the molecule is CC1(C)Cc2ccccc2NS1(=O)=O. The molecule has 0 spiro atoms. The van der Waals surface area contributed by atoms with Crippen LogP contribution in [0, 0.1) is 0 Å². The fourth-order valence-corrected chi connectivity index (χ4v) is 2.72. The van der Waals surface area contributed by atoms with Crippen LogP contribution in [0.1, 0.15) is 19.4 Å². The van der Waals surface area contributed by atoms with E-state index < -0.39 is 14.8 Å². The predicted molar refractivity (Wildman–Crippen MR) is 56.8 cm³/mol. The molecular weight excluding hydrogens is 198 g/mol. The van der Waals surface area contributed by atoms with Gasteiger partial charge in [-0.25, -0.2) is 8.42 Å². The molecular formula is C10H13NO2S. The summed E-state index contributed by atoms with van der Waals surface area (Å²) in [6.07, 6.45) is 0.568. The van der Waals surface area contributed by atoms with Crippen molar-refractivity contribution in [3.8, 4) is 0 Å². The van der Waals surface area contributed by atoms with Crippen LogP contribution in [0.2, 0.25) is 0 Å². The highest BCUT2D eigenvalue weighted by atomic mass is 32.2. The second-order valence-corrected chi connectivity index (χ2v) is 6.52. The number of hydrogen-bond acceptors (Lipinski definition) is 2. The van der Waals surface area contributed by atoms with Crippen LogP contribution in [0.15, 0.2) is 24.3 Å². The lowest BCUT2D eigenvalue weighted by molar-refractivity contribution is 0.545. The van der Waals surface area contributed by atoms with Crippen molar-refractivity contribution >= 4 is 15.7 Å². The van der Waals surface area contributed by atoms with Gasteiger partial charge < -0.3 is 0 Å². The summed E-state index contributed by atoms with van der Waals surface area (Å²) in [6.45, 7) is 3.48. The molecule has 0 saturated heterocycles. The van der Waals surface area contributed by atoms with Crippen LogP contribution in [0.25, 0.3) is 0 Å². The Morgan fingerprint density at radius 3 is 2.64 bits per heavy atom. The van der Waals surface area contributed by atoms with Crippen molar-refractivity contribution in [2.24, 2.45) is 0 Å². The van der Waals surface area contributed by atoms with Crippen LogP contribution < -0.4 is 4.72 Å². The van der Waals surface area contributed by atoms with Gasteiger partial charge in [0, 0.05) is 0 Å². The van der Waals surface area contributed by atoms with Crippen molar-refractivity contribution in [3.05, 3.63) is 29.8 Å². The molecule has 0 fully saturated rings. The molecule has 0 amide bonds. The van der Waals surface area contributed by atoms with E-state index >= 15 is 0 Å². The van der Waals surface area contributed by atoms with E-state index in [-0.39, 0.29) is 0 Å². The predicted octanol–water partition coefficient (Wildman–Crippen LogP) is 1.76. The second kappa shape index (κ2) is 2.73. The Morgan fingerprint density at radius 2 is 1.93 bits per heavy atom. The zero-order valence-corrected chi connectivity index (χ0v) is 9.06. The molecule has 0 aromatic heterocycles. The number of anilines is 1. The normalized spacial score (nSPS) is 22.1. The molecule has 0 atom stereocenters. The molecule has 0 unspecified atom stereocenters. The lowest BCUT2D eigenvalue weighted by atomic mass is 10.0. The Morgan fingerprint density at radius 1 is 1.29 bits per heavy atom. The number of nitrogens with one attached hydrogen (secondary N) is 1. The number of fused-ring (bicyclic) bond motifs is 1. The largest absolute Gasteiger partial charge is 0.283 e. The van der Waals surface area contributed by atoms with Crippen LogP contribution in [-0.4, -0.2) is 13.2 Å². The summed E-state index contributed by atoms with van der Waals surface area (Å²) in [5.41, 5.74) is 1.78. The average Bonchev–Trinajstić information content (AvgIpc) is 2.05. The summed E-state index contributed by atoms with van der Waals surface area (Å²) in [7, 11) is -3.22. The van der Waals surface area contributed by atoms with Gasteiger partial charge in [-0.1, -0.05) is 18.2 Å². The van der Waals surface area contributed by atoms with Gasteiger partial charge in [0.15, 0.2) is 0 Å². The fourth-order valence-electron chi connectivity index (χ4n) is 1.61. The van der Waals surface area contributed by atoms with E-state index in [4.69, 9.17) is 0 Å². The molecule has 0 aliphatic carbocycles. The highest BCUT2D eigenvalue weighted by Crippen LogP contribution is 2.33. The van der Waals surface area contributed by atoms with Crippen molar-refractivity contribution in [1.29, 1.82) is 0 Å². The van der Waals surface area contributed by atoms with E-state index in [1.807, 2.05) is 18.2 Å². The Kier molecular flexibility index (Phi) is 1.86. The Bertz CT molecular complexity index is 463. The van der Waals surface area contributed by atoms with Gasteiger partial charge in [0.05, 0.1) is 10.4 Å². The maximum absolute atomic E-state index is 11.8. The van der Waals surface area contributed by atoms with Gasteiger partial charge in [0.1, 0.15) is 0 Å². The van der Waals surface area contributed by atoms with E-state index in [1.54, 1.807) is 19.9 Å². The molecule has 14 heavy (non-hydrogen) atoms. The number of rotatable bonds is 0. The minimum atomic E-state index is -3.22. The summed E-state index contributed by atoms with van der Waals surface area (Å²) in [5.74, 6) is 0. The van der Waals surface area contributed by atoms with Gasteiger partial charge in [-0.2, -0.15) is 0 Å². The van der Waals surface area contributed by atoms with Crippen molar-refractivity contribution in [2.45, 2.75) is 25.0 Å². The third-order valence-corrected chi connectivity index (χ3v) is 4.69. The van der Waals surface area contributed by atoms with E-state index in [1.165, 1.54) is 0 Å². The molecule has 1 aliphatic heterocycles. The van der Waals surface area contributed by atoms with Crippen molar-refractivity contribution in [1.82, 2.24) is 0 Å². The molecule has 76 valence electrons. The molecule has 3 nitrogen and oxygen atoms in total. The van der Waals surface area contributed by atoms with Crippen molar-refractivity contribution in [3.63, 3.8) is 0 Å². The molecule has 1 aliphatic rings. The first-order valence-corrected chi connectivity index (χ1v) is 6.01. The molecule has 0 radical (unpaired) electrons. The Labute approximate surface area is 84.2 Å². The fraction of sp³-hybridized carbons (Fsp3) is 0.400. The standard InChI is InChI=1S/C10H13NO2S/c1-10(2)7-8-5-3-4-6-9(8)11-14(10,12)13/h3-6,11H,7H2,1-2H3. The zero-order chi connectivity index (χ0) is 10.4. The second-order valence-electron chi connectivity index (χ2n) is 4.20. The summed E-state index contributed by atoms with van der Waals surface area (Å²) in [4.78, 5) is 0. The smallest absolute Gasteiger partial charge is 0.238 e. The third-order valence-electron chi connectivity index (χ3n) is 2.61. The minimum Gasteiger partial charge on any atom is -0.283 e. The van der Waals surface area contributed by atoms with Crippen LogP contribution >= 0.6 is 0 Å². The molecule has 2 rings (SSSR count). The molecule has 1 heterocycles.